The minimum Gasteiger partial charge on any atom is -0.461 e. The third kappa shape index (κ3) is 2.06. The average molecular weight is 398 g/mol. The molecule has 6 atom stereocenters. The van der Waals surface area contributed by atoms with Crippen LogP contribution in [0.15, 0.2) is 21.3 Å². The van der Waals surface area contributed by atoms with Crippen molar-refractivity contribution in [3.8, 4) is 0 Å². The lowest BCUT2D eigenvalue weighted by atomic mass is 9.79. The van der Waals surface area contributed by atoms with Gasteiger partial charge < -0.3 is 4.74 Å². The summed E-state index contributed by atoms with van der Waals surface area (Å²) in [7, 11) is 0. The number of hydrogen-bond acceptors (Lipinski definition) is 2. The van der Waals surface area contributed by atoms with Gasteiger partial charge in [0.15, 0.2) is 0 Å². The molecule has 2 saturated carbocycles. The molecule has 0 aromatic heterocycles. The molecule has 0 radical (unpaired) electrons. The van der Waals surface area contributed by atoms with Gasteiger partial charge in [0, 0.05) is 11.8 Å². The number of carbonyl (C=O) groups is 1. The largest absolute Gasteiger partial charge is 0.461 e. The van der Waals surface area contributed by atoms with E-state index >= 15 is 0 Å². The minimum atomic E-state index is 0.0681. The predicted molar refractivity (Wildman–Crippen MR) is 90.9 cm³/mol. The second-order valence-corrected chi connectivity index (χ2v) is 9.27. The third-order valence-corrected chi connectivity index (χ3v) is 6.92. The zero-order valence-electron chi connectivity index (χ0n) is 12.8. The molecule has 3 aliphatic carbocycles. The van der Waals surface area contributed by atoms with Gasteiger partial charge >= 0.3 is 5.97 Å². The van der Waals surface area contributed by atoms with Gasteiger partial charge in [0.2, 0.25) is 0 Å². The summed E-state index contributed by atoms with van der Waals surface area (Å²) in [5, 5.41) is 0. The van der Waals surface area contributed by atoms with Crippen molar-refractivity contribution in [2.24, 2.45) is 29.1 Å². The molecule has 2 nitrogen and oxygen atoms in total. The highest BCUT2D eigenvalue weighted by Gasteiger charge is 2.70. The maximum absolute atomic E-state index is 12.4. The molecule has 1 heterocycles. The maximum atomic E-state index is 12.4. The molecule has 0 aromatic rings. The Bertz CT molecular complexity index is 545. The summed E-state index contributed by atoms with van der Waals surface area (Å²) in [5.41, 5.74) is 2.11. The first-order valence-electron chi connectivity index (χ1n) is 8.24. The number of esters is 1. The van der Waals surface area contributed by atoms with Gasteiger partial charge in [-0.1, -0.05) is 24.6 Å². The van der Waals surface area contributed by atoms with Crippen LogP contribution in [-0.2, 0) is 9.53 Å². The van der Waals surface area contributed by atoms with Crippen LogP contribution in [-0.4, -0.2) is 12.1 Å². The number of ether oxygens (including phenoxy) is 1. The normalized spacial score (nSPS) is 48.0. The first kappa shape index (κ1) is 14.3. The second-order valence-electron chi connectivity index (χ2n) is 7.56. The summed E-state index contributed by atoms with van der Waals surface area (Å²) >= 11 is 2.33. The lowest BCUT2D eigenvalue weighted by molar-refractivity contribution is -0.145. The van der Waals surface area contributed by atoms with Crippen molar-refractivity contribution in [3.63, 3.8) is 0 Å². The Morgan fingerprint density at radius 3 is 3.14 bits per heavy atom. The van der Waals surface area contributed by atoms with Crippen molar-refractivity contribution >= 4 is 28.6 Å². The van der Waals surface area contributed by atoms with E-state index < -0.39 is 0 Å². The fraction of sp³-hybridized carbons (Fsp3) is 0.722. The molecule has 3 fully saturated rings. The van der Waals surface area contributed by atoms with Gasteiger partial charge in [0.05, 0.1) is 5.92 Å². The van der Waals surface area contributed by atoms with E-state index in [0.29, 0.717) is 17.3 Å². The molecule has 0 spiro atoms. The molecule has 0 amide bonds. The Hall–Kier alpha value is -0.320. The van der Waals surface area contributed by atoms with E-state index in [2.05, 4.69) is 48.6 Å². The van der Waals surface area contributed by atoms with Crippen molar-refractivity contribution in [1.29, 1.82) is 0 Å². The molecule has 4 aliphatic rings. The van der Waals surface area contributed by atoms with Gasteiger partial charge in [-0.25, -0.2) is 0 Å². The highest BCUT2D eigenvalue weighted by Crippen LogP contribution is 2.72. The van der Waals surface area contributed by atoms with Gasteiger partial charge in [-0.3, -0.25) is 4.79 Å². The van der Waals surface area contributed by atoms with E-state index in [-0.39, 0.29) is 18.0 Å². The summed E-state index contributed by atoms with van der Waals surface area (Å²) in [6.07, 6.45) is 10.6. The van der Waals surface area contributed by atoms with Crippen molar-refractivity contribution in [2.75, 3.05) is 0 Å². The van der Waals surface area contributed by atoms with Crippen LogP contribution < -0.4 is 0 Å². The Kier molecular flexibility index (Phi) is 3.29. The van der Waals surface area contributed by atoms with E-state index in [1.54, 1.807) is 5.57 Å². The Balaban J connectivity index is 1.62. The van der Waals surface area contributed by atoms with Gasteiger partial charge in [0.25, 0.3) is 0 Å². The van der Waals surface area contributed by atoms with Crippen LogP contribution in [0.5, 0.6) is 0 Å². The monoisotopic (exact) mass is 398 g/mol. The SMILES string of the molecule is C/C(I)=C/C[C@H]1C(=O)O[C@@H]2[C@@H]1CCC1=CCC[C@]3(C)[C@H]2[C@H]13. The number of allylic oxidation sites excluding steroid dienone is 4. The molecule has 114 valence electrons. The molecular weight excluding hydrogens is 375 g/mol. The standard InChI is InChI=1S/C18H23IO2/c1-10(19)5-7-13-12-8-6-11-4-3-9-18(2)14(11)15(18)16(12)21-17(13)20/h4-5,12-16H,3,6-9H2,1-2H3/b10-5-/t12-,13-,14+,15+,16-,18+/m1/s1. The van der Waals surface area contributed by atoms with Crippen LogP contribution in [0, 0.1) is 29.1 Å². The van der Waals surface area contributed by atoms with Crippen LogP contribution in [0.1, 0.15) is 46.0 Å². The van der Waals surface area contributed by atoms with E-state index in [9.17, 15) is 4.79 Å². The van der Waals surface area contributed by atoms with E-state index in [1.165, 1.54) is 22.8 Å². The first-order valence-corrected chi connectivity index (χ1v) is 9.32. The molecule has 0 unspecified atom stereocenters. The highest BCUT2D eigenvalue weighted by atomic mass is 127. The zero-order chi connectivity index (χ0) is 14.8. The quantitative estimate of drug-likeness (QED) is 0.385. The molecular formula is C18H23IO2. The van der Waals surface area contributed by atoms with Gasteiger partial charge in [-0.05, 0) is 76.5 Å². The fourth-order valence-corrected chi connectivity index (χ4v) is 5.66. The van der Waals surface area contributed by atoms with Gasteiger partial charge in [-0.2, -0.15) is 0 Å². The summed E-state index contributed by atoms with van der Waals surface area (Å²) in [6.45, 7) is 4.52. The number of carbonyl (C=O) groups excluding carboxylic acids is 1. The Labute approximate surface area is 140 Å². The number of halogens is 1. The van der Waals surface area contributed by atoms with Crippen LogP contribution in [0.2, 0.25) is 0 Å². The van der Waals surface area contributed by atoms with Crippen molar-refractivity contribution < 1.29 is 9.53 Å². The fourth-order valence-electron chi connectivity index (χ4n) is 5.41. The Morgan fingerprint density at radius 2 is 2.38 bits per heavy atom. The van der Waals surface area contributed by atoms with Crippen LogP contribution in [0.3, 0.4) is 0 Å². The van der Waals surface area contributed by atoms with Crippen LogP contribution in [0.25, 0.3) is 0 Å². The predicted octanol–water partition coefficient (Wildman–Crippen LogP) is 4.64. The van der Waals surface area contributed by atoms with Crippen molar-refractivity contribution in [3.05, 3.63) is 21.3 Å². The smallest absolute Gasteiger partial charge is 0.309 e. The molecule has 0 bridgehead atoms. The van der Waals surface area contributed by atoms with E-state index in [4.69, 9.17) is 4.74 Å². The zero-order valence-corrected chi connectivity index (χ0v) is 14.9. The maximum Gasteiger partial charge on any atom is 0.309 e. The molecule has 3 heteroatoms. The highest BCUT2D eigenvalue weighted by molar-refractivity contribution is 14.1. The van der Waals surface area contributed by atoms with E-state index in [0.717, 1.165) is 18.8 Å². The second kappa shape index (κ2) is 4.84. The lowest BCUT2D eigenvalue weighted by Crippen LogP contribution is -2.24. The summed E-state index contributed by atoms with van der Waals surface area (Å²) in [6, 6.07) is 0. The lowest BCUT2D eigenvalue weighted by Gasteiger charge is -2.24. The molecule has 21 heavy (non-hydrogen) atoms. The number of fused-ring (bicyclic) bond motifs is 3. The summed E-state index contributed by atoms with van der Waals surface area (Å²) in [4.78, 5) is 12.4. The topological polar surface area (TPSA) is 26.3 Å². The summed E-state index contributed by atoms with van der Waals surface area (Å²) < 4.78 is 7.19. The Morgan fingerprint density at radius 1 is 1.57 bits per heavy atom. The minimum absolute atomic E-state index is 0.0681. The number of hydrogen-bond donors (Lipinski definition) is 0. The summed E-state index contributed by atoms with van der Waals surface area (Å²) in [5.74, 6) is 1.94. The van der Waals surface area contributed by atoms with Gasteiger partial charge in [-0.15, -0.1) is 0 Å². The molecule has 4 rings (SSSR count). The molecule has 0 aromatic carbocycles. The van der Waals surface area contributed by atoms with Crippen LogP contribution >= 0.6 is 22.6 Å². The first-order chi connectivity index (χ1) is 10.0. The van der Waals surface area contributed by atoms with Crippen molar-refractivity contribution in [1.82, 2.24) is 0 Å². The molecule has 1 saturated heterocycles. The molecule has 0 N–H and O–H groups in total. The molecule has 1 aliphatic heterocycles. The van der Waals surface area contributed by atoms with Crippen molar-refractivity contribution in [2.45, 2.75) is 52.1 Å². The average Bonchev–Trinajstić information content (AvgIpc) is 2.99. The van der Waals surface area contributed by atoms with Crippen LogP contribution in [0.4, 0.5) is 0 Å². The third-order valence-electron chi connectivity index (χ3n) is 6.48. The number of rotatable bonds is 2. The van der Waals surface area contributed by atoms with Gasteiger partial charge in [0.1, 0.15) is 6.10 Å². The van der Waals surface area contributed by atoms with E-state index in [1.807, 2.05) is 0 Å².